The van der Waals surface area contributed by atoms with Gasteiger partial charge in [0, 0.05) is 5.33 Å². The maximum Gasteiger partial charge on any atom is 0.313 e. The number of rotatable bonds is 8. The number of esters is 1. The van der Waals surface area contributed by atoms with E-state index >= 15 is 0 Å². The maximum atomic E-state index is 12.1. The summed E-state index contributed by atoms with van der Waals surface area (Å²) in [4.78, 5) is 12.1. The van der Waals surface area contributed by atoms with Gasteiger partial charge < -0.3 is 9.47 Å². The van der Waals surface area contributed by atoms with Crippen LogP contribution in [0.5, 0.6) is 5.75 Å². The normalized spacial score (nSPS) is 11.9. The quantitative estimate of drug-likeness (QED) is 0.275. The number of hydrogen-bond donors (Lipinski definition) is 0. The minimum atomic E-state index is -0.271. The van der Waals surface area contributed by atoms with Crippen molar-refractivity contribution < 1.29 is 14.3 Å². The predicted octanol–water partition coefficient (Wildman–Crippen LogP) is 5.18. The van der Waals surface area contributed by atoms with Gasteiger partial charge in [0.25, 0.3) is 0 Å². The Kier molecular flexibility index (Phi) is 6.66. The van der Waals surface area contributed by atoms with Gasteiger partial charge in [-0.25, -0.2) is 0 Å². The molecule has 0 aliphatic heterocycles. The van der Waals surface area contributed by atoms with Crippen molar-refractivity contribution in [1.82, 2.24) is 0 Å². The van der Waals surface area contributed by atoms with E-state index in [-0.39, 0.29) is 11.9 Å². The number of hydrogen-bond acceptors (Lipinski definition) is 3. The Bertz CT molecular complexity index is 681. The second kappa shape index (κ2) is 8.73. The molecule has 2 aromatic rings. The summed E-state index contributed by atoms with van der Waals surface area (Å²) in [5.74, 6) is 0.303. The lowest BCUT2D eigenvalue weighted by molar-refractivity contribution is -0.145. The van der Waals surface area contributed by atoms with Gasteiger partial charge in [-0.2, -0.15) is 0 Å². The van der Waals surface area contributed by atoms with Gasteiger partial charge in [0.05, 0.1) is 18.8 Å². The molecule has 3 nitrogen and oxygen atoms in total. The van der Waals surface area contributed by atoms with Gasteiger partial charge in [0.2, 0.25) is 0 Å². The summed E-state index contributed by atoms with van der Waals surface area (Å²) < 4.78 is 10.6. The summed E-state index contributed by atoms with van der Waals surface area (Å²) in [5, 5.41) is 3.06. The van der Waals surface area contributed by atoms with E-state index < -0.39 is 0 Å². The molecule has 0 N–H and O–H groups in total. The third kappa shape index (κ3) is 4.83. The van der Waals surface area contributed by atoms with Gasteiger partial charge in [0.15, 0.2) is 0 Å². The number of benzene rings is 2. The molecule has 0 heterocycles. The highest BCUT2D eigenvalue weighted by Crippen LogP contribution is 2.26. The fourth-order valence-electron chi connectivity index (χ4n) is 2.31. The highest BCUT2D eigenvalue weighted by Gasteiger charge is 2.17. The summed E-state index contributed by atoms with van der Waals surface area (Å²) in [6.45, 7) is 5.91. The molecule has 4 heteroatoms. The molecule has 0 radical (unpaired) electrons. The van der Waals surface area contributed by atoms with Crippen LogP contribution in [0.25, 0.3) is 10.8 Å². The van der Waals surface area contributed by atoms with Crippen LogP contribution in [-0.4, -0.2) is 17.9 Å². The molecule has 0 amide bonds. The Labute approximate surface area is 145 Å². The highest BCUT2D eigenvalue weighted by molar-refractivity contribution is 9.09. The Hall–Kier alpha value is -1.81. The zero-order valence-corrected chi connectivity index (χ0v) is 14.8. The predicted molar refractivity (Wildman–Crippen MR) is 97.2 cm³/mol. The third-order valence-electron chi connectivity index (χ3n) is 3.68. The topological polar surface area (TPSA) is 35.5 Å². The molecule has 1 atom stereocenters. The van der Waals surface area contributed by atoms with E-state index in [2.05, 4.69) is 22.5 Å². The van der Waals surface area contributed by atoms with Crippen LogP contribution in [0.4, 0.5) is 0 Å². The largest absolute Gasteiger partial charge is 0.466 e. The van der Waals surface area contributed by atoms with Gasteiger partial charge in [-0.1, -0.05) is 46.8 Å². The van der Waals surface area contributed by atoms with Crippen molar-refractivity contribution in [2.24, 2.45) is 0 Å². The molecule has 0 saturated carbocycles. The molecule has 0 aromatic heterocycles. The molecule has 23 heavy (non-hydrogen) atoms. The van der Waals surface area contributed by atoms with E-state index in [1.807, 2.05) is 43.3 Å². The smallest absolute Gasteiger partial charge is 0.313 e. The second-order valence-corrected chi connectivity index (χ2v) is 6.13. The lowest BCUT2D eigenvalue weighted by Crippen LogP contribution is -2.14. The minimum absolute atomic E-state index is 0.175. The summed E-state index contributed by atoms with van der Waals surface area (Å²) in [6.07, 6.45) is 3.30. The Morgan fingerprint density at radius 3 is 2.70 bits per heavy atom. The van der Waals surface area contributed by atoms with Crippen molar-refractivity contribution in [1.29, 1.82) is 0 Å². The molecule has 122 valence electrons. The first-order chi connectivity index (χ1) is 11.2. The van der Waals surface area contributed by atoms with Crippen molar-refractivity contribution in [3.05, 3.63) is 54.8 Å². The molecule has 2 aromatic carbocycles. The van der Waals surface area contributed by atoms with Crippen molar-refractivity contribution in [2.45, 2.75) is 25.7 Å². The minimum Gasteiger partial charge on any atom is -0.466 e. The lowest BCUT2D eigenvalue weighted by Gasteiger charge is -2.13. The van der Waals surface area contributed by atoms with E-state index in [1.54, 1.807) is 0 Å². The van der Waals surface area contributed by atoms with Crippen LogP contribution in [0.2, 0.25) is 0 Å². The summed E-state index contributed by atoms with van der Waals surface area (Å²) >= 11 is 3.37. The fraction of sp³-hybridized carbons (Fsp3) is 0.316. The van der Waals surface area contributed by atoms with Crippen molar-refractivity contribution >= 4 is 32.7 Å². The lowest BCUT2D eigenvalue weighted by atomic mass is 9.98. The molecule has 0 aliphatic carbocycles. The summed E-state index contributed by atoms with van der Waals surface area (Å²) in [5.41, 5.74) is 0.959. The number of halogens is 1. The molecular formula is C19H21BrO3. The number of unbranched alkanes of at least 4 members (excludes halogenated alkanes) is 1. The molecule has 2 rings (SSSR count). The Morgan fingerprint density at radius 1 is 1.22 bits per heavy atom. The van der Waals surface area contributed by atoms with Gasteiger partial charge in [-0.05, 0) is 48.2 Å². The zero-order valence-electron chi connectivity index (χ0n) is 13.3. The van der Waals surface area contributed by atoms with E-state index in [4.69, 9.17) is 9.47 Å². The SMILES string of the molecule is C=COc1ccc2cc([C@H](C)C(=O)OCCCCBr)ccc2c1. The average molecular weight is 377 g/mol. The molecule has 0 spiro atoms. The van der Waals surface area contributed by atoms with Crippen molar-refractivity contribution in [2.75, 3.05) is 11.9 Å². The highest BCUT2D eigenvalue weighted by atomic mass is 79.9. The van der Waals surface area contributed by atoms with Crippen molar-refractivity contribution in [3.8, 4) is 5.75 Å². The summed E-state index contributed by atoms with van der Waals surface area (Å²) in [6, 6.07) is 11.8. The molecule has 0 bridgehead atoms. The van der Waals surface area contributed by atoms with Gasteiger partial charge in [-0.3, -0.25) is 4.79 Å². The first-order valence-corrected chi connectivity index (χ1v) is 8.81. The van der Waals surface area contributed by atoms with Crippen LogP contribution in [0.15, 0.2) is 49.2 Å². The van der Waals surface area contributed by atoms with Gasteiger partial charge >= 0.3 is 5.97 Å². The first-order valence-electron chi connectivity index (χ1n) is 7.69. The van der Waals surface area contributed by atoms with E-state index in [1.165, 1.54) is 6.26 Å². The van der Waals surface area contributed by atoms with Gasteiger partial charge in [0.1, 0.15) is 5.75 Å². The van der Waals surface area contributed by atoms with E-state index in [9.17, 15) is 4.79 Å². The number of fused-ring (bicyclic) bond motifs is 1. The van der Waals surface area contributed by atoms with Crippen LogP contribution in [0, 0.1) is 0 Å². The molecular weight excluding hydrogens is 356 g/mol. The Morgan fingerprint density at radius 2 is 1.96 bits per heavy atom. The van der Waals surface area contributed by atoms with Crippen LogP contribution in [-0.2, 0) is 9.53 Å². The molecule has 0 saturated heterocycles. The van der Waals surface area contributed by atoms with Crippen LogP contribution < -0.4 is 4.74 Å². The number of carbonyl (C=O) groups is 1. The zero-order chi connectivity index (χ0) is 16.7. The monoisotopic (exact) mass is 376 g/mol. The molecule has 0 fully saturated rings. The standard InChI is InChI=1S/C19H21BrO3/c1-3-22-18-9-8-16-12-15(6-7-17(16)13-18)14(2)19(21)23-11-5-4-10-20/h3,6-9,12-14H,1,4-5,10-11H2,2H3/t14-/m0/s1. The van der Waals surface area contributed by atoms with Gasteiger partial charge in [-0.15, -0.1) is 0 Å². The van der Waals surface area contributed by atoms with Crippen LogP contribution >= 0.6 is 15.9 Å². The molecule has 0 unspecified atom stereocenters. The van der Waals surface area contributed by atoms with Crippen molar-refractivity contribution in [3.63, 3.8) is 0 Å². The van der Waals surface area contributed by atoms with Crippen LogP contribution in [0.1, 0.15) is 31.2 Å². The fourth-order valence-corrected chi connectivity index (χ4v) is 2.71. The number of alkyl halides is 1. The molecule has 0 aliphatic rings. The Balaban J connectivity index is 2.08. The average Bonchev–Trinajstić information content (AvgIpc) is 2.57. The number of ether oxygens (including phenoxy) is 2. The third-order valence-corrected chi connectivity index (χ3v) is 4.24. The van der Waals surface area contributed by atoms with Crippen LogP contribution in [0.3, 0.4) is 0 Å². The summed E-state index contributed by atoms with van der Waals surface area (Å²) in [7, 11) is 0. The van der Waals surface area contributed by atoms with E-state index in [0.717, 1.165) is 40.3 Å². The first kappa shape index (κ1) is 17.5. The van der Waals surface area contributed by atoms with E-state index in [0.29, 0.717) is 6.61 Å². The number of carbonyl (C=O) groups excluding carboxylic acids is 1. The maximum absolute atomic E-state index is 12.1. The second-order valence-electron chi connectivity index (χ2n) is 5.34.